The standard InChI is InChI=1S/C38H42ClF2N5O3/c1-2-26-30(40)6-3-22-13-25(47)14-27(31(22)26)32-29(39)15-28-34(33(32)41)43-36(44-35(28)46-16-23-4-5-24(17-46)42-23)49-21-37(7-8-37)18-45-11-9-38(10-12-45)19-48-20-38/h1,3,6,15,23-25,27,42,47H,4-5,7-14,16-21H2/t23?,24?,25-,27?/m1/s1. The Morgan fingerprint density at radius 2 is 1.84 bits per heavy atom. The van der Waals surface area contributed by atoms with E-state index in [0.717, 1.165) is 71.6 Å². The van der Waals surface area contributed by atoms with Crippen molar-refractivity contribution >= 4 is 28.3 Å². The zero-order valence-electron chi connectivity index (χ0n) is 27.6. The summed E-state index contributed by atoms with van der Waals surface area (Å²) in [5, 5.41) is 15.2. The van der Waals surface area contributed by atoms with Crippen molar-refractivity contribution in [1.29, 1.82) is 0 Å². The van der Waals surface area contributed by atoms with Crippen LogP contribution in [0.1, 0.15) is 73.1 Å². The van der Waals surface area contributed by atoms with Crippen LogP contribution in [-0.2, 0) is 11.2 Å². The van der Waals surface area contributed by atoms with Crippen LogP contribution in [-0.4, -0.2) is 90.7 Å². The molecule has 4 aliphatic heterocycles. The third-order valence-electron chi connectivity index (χ3n) is 12.2. The van der Waals surface area contributed by atoms with Gasteiger partial charge < -0.3 is 29.7 Å². The molecule has 49 heavy (non-hydrogen) atoms. The number of halogens is 3. The van der Waals surface area contributed by atoms with Gasteiger partial charge in [0, 0.05) is 64.4 Å². The molecule has 3 unspecified atom stereocenters. The Hall–Kier alpha value is -3.07. The molecule has 0 amide bonds. The number of terminal acetylenes is 1. The van der Waals surface area contributed by atoms with Gasteiger partial charge in [0.2, 0.25) is 0 Å². The van der Waals surface area contributed by atoms with E-state index in [4.69, 9.17) is 37.5 Å². The first-order chi connectivity index (χ1) is 23.7. The van der Waals surface area contributed by atoms with Crippen molar-refractivity contribution in [2.75, 3.05) is 57.4 Å². The maximum Gasteiger partial charge on any atom is 0.319 e. The number of piperazine rings is 1. The quantitative estimate of drug-likeness (QED) is 0.328. The van der Waals surface area contributed by atoms with Crippen LogP contribution in [0.5, 0.6) is 6.01 Å². The van der Waals surface area contributed by atoms with Crippen LogP contribution in [0.4, 0.5) is 14.6 Å². The number of aliphatic hydroxyl groups is 1. The highest BCUT2D eigenvalue weighted by Crippen LogP contribution is 2.49. The maximum absolute atomic E-state index is 17.2. The fourth-order valence-corrected chi connectivity index (χ4v) is 9.52. The second-order valence-corrected chi connectivity index (χ2v) is 16.1. The highest BCUT2D eigenvalue weighted by Gasteiger charge is 2.48. The number of hydrogen-bond donors (Lipinski definition) is 2. The van der Waals surface area contributed by atoms with Crippen molar-refractivity contribution in [3.05, 3.63) is 57.1 Å². The van der Waals surface area contributed by atoms with Gasteiger partial charge >= 0.3 is 6.01 Å². The van der Waals surface area contributed by atoms with E-state index in [-0.39, 0.29) is 39.5 Å². The lowest BCUT2D eigenvalue weighted by Crippen LogP contribution is -2.52. The summed E-state index contributed by atoms with van der Waals surface area (Å²) in [6.45, 7) is 6.85. The van der Waals surface area contributed by atoms with Gasteiger partial charge in [-0.1, -0.05) is 23.6 Å². The van der Waals surface area contributed by atoms with E-state index in [0.29, 0.717) is 52.9 Å². The van der Waals surface area contributed by atoms with E-state index >= 15 is 4.39 Å². The van der Waals surface area contributed by atoms with Gasteiger partial charge in [0.15, 0.2) is 5.82 Å². The molecule has 5 fully saturated rings. The Labute approximate surface area is 290 Å². The smallest absolute Gasteiger partial charge is 0.319 e. The third kappa shape index (κ3) is 5.66. The minimum atomic E-state index is -0.766. The van der Waals surface area contributed by atoms with Crippen molar-refractivity contribution in [2.24, 2.45) is 10.8 Å². The Bertz CT molecular complexity index is 1840. The second-order valence-electron chi connectivity index (χ2n) is 15.7. The van der Waals surface area contributed by atoms with Gasteiger partial charge in [0.05, 0.1) is 31.5 Å². The van der Waals surface area contributed by atoms with Gasteiger partial charge in [-0.15, -0.1) is 6.42 Å². The number of aliphatic hydroxyl groups excluding tert-OH is 1. The van der Waals surface area contributed by atoms with Crippen molar-refractivity contribution in [3.8, 4) is 18.4 Å². The molecule has 1 aromatic heterocycles. The first-order valence-electron chi connectivity index (χ1n) is 17.8. The third-order valence-corrected chi connectivity index (χ3v) is 12.6. The van der Waals surface area contributed by atoms with Gasteiger partial charge in [0.1, 0.15) is 17.2 Å². The van der Waals surface area contributed by atoms with Crippen molar-refractivity contribution in [2.45, 2.75) is 75.5 Å². The second kappa shape index (κ2) is 12.0. The first-order valence-corrected chi connectivity index (χ1v) is 18.2. The summed E-state index contributed by atoms with van der Waals surface area (Å²) in [5.74, 6) is 1.17. The molecule has 258 valence electrons. The highest BCUT2D eigenvalue weighted by molar-refractivity contribution is 6.32. The normalized spacial score (nSPS) is 28.3. The molecule has 4 saturated heterocycles. The summed E-state index contributed by atoms with van der Waals surface area (Å²) in [4.78, 5) is 14.4. The van der Waals surface area contributed by atoms with E-state index in [2.05, 4.69) is 21.0 Å². The number of aromatic nitrogens is 2. The highest BCUT2D eigenvalue weighted by atomic mass is 35.5. The number of fused-ring (bicyclic) bond motifs is 4. The van der Waals surface area contributed by atoms with Gasteiger partial charge in [-0.3, -0.25) is 0 Å². The molecular formula is C38H42ClF2N5O3. The summed E-state index contributed by atoms with van der Waals surface area (Å²) in [5.41, 5.74) is 1.97. The zero-order valence-corrected chi connectivity index (χ0v) is 28.4. The average molecular weight is 690 g/mol. The monoisotopic (exact) mass is 689 g/mol. The predicted octanol–water partition coefficient (Wildman–Crippen LogP) is 5.19. The van der Waals surface area contributed by atoms with Crippen molar-refractivity contribution in [3.63, 3.8) is 0 Å². The molecular weight excluding hydrogens is 648 g/mol. The molecule has 1 saturated carbocycles. The number of piperidine rings is 1. The number of rotatable bonds is 7. The number of benzene rings is 2. The molecule has 8 nitrogen and oxygen atoms in total. The van der Waals surface area contributed by atoms with Crippen LogP contribution >= 0.6 is 11.6 Å². The lowest BCUT2D eigenvalue weighted by Gasteiger charge is -2.47. The number of likely N-dealkylation sites (tertiary alicyclic amines) is 1. The zero-order chi connectivity index (χ0) is 33.5. The van der Waals surface area contributed by atoms with E-state index in [1.807, 2.05) is 0 Å². The van der Waals surface area contributed by atoms with Gasteiger partial charge in [-0.05, 0) is 87.7 Å². The number of nitrogens with one attached hydrogen (secondary N) is 1. The minimum absolute atomic E-state index is 0.0363. The number of hydrogen-bond acceptors (Lipinski definition) is 8. The van der Waals surface area contributed by atoms with Crippen LogP contribution in [0, 0.1) is 34.8 Å². The molecule has 2 aromatic carbocycles. The molecule has 5 heterocycles. The number of ether oxygens (including phenoxy) is 2. The predicted molar refractivity (Wildman–Crippen MR) is 183 cm³/mol. The fourth-order valence-electron chi connectivity index (χ4n) is 9.20. The van der Waals surface area contributed by atoms with Crippen LogP contribution in [0.25, 0.3) is 10.9 Å². The lowest BCUT2D eigenvalue weighted by atomic mass is 9.75. The maximum atomic E-state index is 17.2. The van der Waals surface area contributed by atoms with E-state index < -0.39 is 23.7 Å². The van der Waals surface area contributed by atoms with Crippen LogP contribution in [0.15, 0.2) is 18.2 Å². The Morgan fingerprint density at radius 1 is 1.08 bits per heavy atom. The molecule has 2 N–H and O–H groups in total. The summed E-state index contributed by atoms with van der Waals surface area (Å²) in [6.07, 6.45) is 12.1. The molecule has 1 spiro atoms. The van der Waals surface area contributed by atoms with Gasteiger partial charge in [0.25, 0.3) is 0 Å². The molecule has 0 radical (unpaired) electrons. The largest absolute Gasteiger partial charge is 0.463 e. The SMILES string of the molecule is C#Cc1c(F)ccc2c1C(c1c(Cl)cc3c(N4CC5CCC(C4)N5)nc(OCC4(CN5CCC6(CC5)COC6)CC4)nc3c1F)C[C@H](O)C2. The summed E-state index contributed by atoms with van der Waals surface area (Å²) < 4.78 is 44.1. The van der Waals surface area contributed by atoms with Crippen LogP contribution < -0.4 is 15.0 Å². The molecule has 6 aliphatic rings. The average Bonchev–Trinajstić information content (AvgIpc) is 3.76. The van der Waals surface area contributed by atoms with Crippen LogP contribution in [0.2, 0.25) is 5.02 Å². The van der Waals surface area contributed by atoms with E-state index in [9.17, 15) is 9.50 Å². The number of nitrogens with zero attached hydrogens (tertiary/aromatic N) is 4. The molecule has 11 heteroatoms. The van der Waals surface area contributed by atoms with Crippen molar-refractivity contribution in [1.82, 2.24) is 20.2 Å². The van der Waals surface area contributed by atoms with Crippen LogP contribution in [0.3, 0.4) is 0 Å². The van der Waals surface area contributed by atoms with Crippen molar-refractivity contribution < 1.29 is 23.4 Å². The van der Waals surface area contributed by atoms with Gasteiger partial charge in [-0.25, -0.2) is 8.78 Å². The first kappa shape index (κ1) is 31.9. The fraction of sp³-hybridized carbons (Fsp3) is 0.579. The van der Waals surface area contributed by atoms with Gasteiger partial charge in [-0.2, -0.15) is 9.97 Å². The Balaban J connectivity index is 1.07. The Kier molecular flexibility index (Phi) is 7.82. The molecule has 3 aromatic rings. The topological polar surface area (TPSA) is 83.0 Å². The summed E-state index contributed by atoms with van der Waals surface area (Å²) in [7, 11) is 0. The minimum Gasteiger partial charge on any atom is -0.463 e. The lowest BCUT2D eigenvalue weighted by molar-refractivity contribution is -0.140. The Morgan fingerprint density at radius 3 is 2.51 bits per heavy atom. The van der Waals surface area contributed by atoms with E-state index in [1.165, 1.54) is 18.9 Å². The number of anilines is 1. The summed E-state index contributed by atoms with van der Waals surface area (Å²) >= 11 is 6.97. The molecule has 9 rings (SSSR count). The molecule has 4 atom stereocenters. The molecule has 2 bridgehead atoms. The summed E-state index contributed by atoms with van der Waals surface area (Å²) in [6, 6.07) is 5.46. The molecule has 2 aliphatic carbocycles. The van der Waals surface area contributed by atoms with E-state index in [1.54, 1.807) is 12.1 Å².